The van der Waals surface area contributed by atoms with Gasteiger partial charge in [0.05, 0.1) is 11.9 Å². The highest BCUT2D eigenvalue weighted by molar-refractivity contribution is 7.18. The normalized spacial score (nSPS) is 13.0. The molecule has 1 aliphatic carbocycles. The maximum Gasteiger partial charge on any atom is 0.259 e. The van der Waals surface area contributed by atoms with Crippen molar-refractivity contribution in [1.82, 2.24) is 20.2 Å². The first-order valence-corrected chi connectivity index (χ1v) is 9.93. The number of carbonyl (C=O) groups is 2. The number of H-pyrrole nitrogens is 1. The smallest absolute Gasteiger partial charge is 0.259 e. The predicted molar refractivity (Wildman–Crippen MR) is 102 cm³/mol. The molecule has 0 radical (unpaired) electrons. The van der Waals surface area contributed by atoms with Crippen molar-refractivity contribution in [3.8, 4) is 0 Å². The molecule has 0 saturated heterocycles. The average Bonchev–Trinajstić information content (AvgIpc) is 3.18. The number of hydrogen-bond donors (Lipinski definition) is 2. The third-order valence-corrected chi connectivity index (χ3v) is 5.83. The largest absolute Gasteiger partial charge is 0.355 e. The lowest BCUT2D eigenvalue weighted by molar-refractivity contribution is -0.135. The molecule has 0 aromatic carbocycles. The molecule has 0 spiro atoms. The van der Waals surface area contributed by atoms with Gasteiger partial charge in [-0.05, 0) is 38.7 Å². The molecule has 1 aliphatic rings. The molecule has 140 valence electrons. The van der Waals surface area contributed by atoms with Gasteiger partial charge in [0.1, 0.15) is 10.7 Å². The number of amides is 2. The molecular formula is C18H24N4O3S. The van der Waals surface area contributed by atoms with Gasteiger partial charge in [0.25, 0.3) is 5.56 Å². The second kappa shape index (κ2) is 7.99. The third kappa shape index (κ3) is 3.80. The SMILES string of the molecule is CCNC(=O)CN(CC)C(=O)CCc1nc2sc3c(c2c(=O)[nH]1)CCC3. The fraction of sp³-hybridized carbons (Fsp3) is 0.556. The topological polar surface area (TPSA) is 95.2 Å². The molecule has 0 bridgehead atoms. The Kier molecular flexibility index (Phi) is 5.70. The number of hydrogen-bond acceptors (Lipinski definition) is 5. The van der Waals surface area contributed by atoms with Gasteiger partial charge in [-0.1, -0.05) is 0 Å². The summed E-state index contributed by atoms with van der Waals surface area (Å²) in [6.07, 6.45) is 3.65. The van der Waals surface area contributed by atoms with Gasteiger partial charge in [0.2, 0.25) is 11.8 Å². The first-order valence-electron chi connectivity index (χ1n) is 9.11. The number of nitrogens with one attached hydrogen (secondary N) is 2. The number of thiophene rings is 1. The average molecular weight is 376 g/mol. The van der Waals surface area contributed by atoms with Gasteiger partial charge in [-0.3, -0.25) is 14.4 Å². The number of carbonyl (C=O) groups excluding carboxylic acids is 2. The minimum absolute atomic E-state index is 0.0593. The minimum atomic E-state index is -0.163. The maximum atomic E-state index is 12.4. The fourth-order valence-electron chi connectivity index (χ4n) is 3.35. The Morgan fingerprint density at radius 2 is 2.12 bits per heavy atom. The lowest BCUT2D eigenvalue weighted by Gasteiger charge is -2.20. The second-order valence-electron chi connectivity index (χ2n) is 6.41. The number of nitrogens with zero attached hydrogens (tertiary/aromatic N) is 2. The number of aryl methyl sites for hydroxylation is 3. The molecule has 26 heavy (non-hydrogen) atoms. The highest BCUT2D eigenvalue weighted by Crippen LogP contribution is 2.34. The molecule has 0 aliphatic heterocycles. The predicted octanol–water partition coefficient (Wildman–Crippen LogP) is 1.39. The number of fused-ring (bicyclic) bond motifs is 3. The van der Waals surface area contributed by atoms with E-state index in [1.54, 1.807) is 11.3 Å². The van der Waals surface area contributed by atoms with Crippen LogP contribution in [0.1, 0.15) is 43.0 Å². The highest BCUT2D eigenvalue weighted by Gasteiger charge is 2.21. The molecule has 2 aromatic heterocycles. The van der Waals surface area contributed by atoms with Crippen LogP contribution in [0.4, 0.5) is 0 Å². The van der Waals surface area contributed by atoms with Crippen molar-refractivity contribution in [2.75, 3.05) is 19.6 Å². The van der Waals surface area contributed by atoms with Crippen LogP contribution in [-0.4, -0.2) is 46.3 Å². The number of aromatic nitrogens is 2. The van der Waals surface area contributed by atoms with E-state index in [0.29, 0.717) is 25.3 Å². The lowest BCUT2D eigenvalue weighted by atomic mass is 10.2. The van der Waals surface area contributed by atoms with Gasteiger partial charge in [-0.15, -0.1) is 11.3 Å². The van der Waals surface area contributed by atoms with Crippen LogP contribution in [0.3, 0.4) is 0 Å². The van der Waals surface area contributed by atoms with Crippen molar-refractivity contribution in [2.45, 2.75) is 46.0 Å². The van der Waals surface area contributed by atoms with Crippen LogP contribution in [0.5, 0.6) is 0 Å². The van der Waals surface area contributed by atoms with Crippen LogP contribution in [0.2, 0.25) is 0 Å². The second-order valence-corrected chi connectivity index (χ2v) is 7.50. The maximum absolute atomic E-state index is 12.4. The highest BCUT2D eigenvalue weighted by atomic mass is 32.1. The molecule has 0 atom stereocenters. The fourth-order valence-corrected chi connectivity index (χ4v) is 4.63. The van der Waals surface area contributed by atoms with Crippen molar-refractivity contribution < 1.29 is 9.59 Å². The zero-order chi connectivity index (χ0) is 18.7. The van der Waals surface area contributed by atoms with E-state index in [4.69, 9.17) is 0 Å². The van der Waals surface area contributed by atoms with Gasteiger partial charge in [0.15, 0.2) is 0 Å². The first-order chi connectivity index (χ1) is 12.5. The lowest BCUT2D eigenvalue weighted by Crippen LogP contribution is -2.40. The molecule has 2 heterocycles. The molecular weight excluding hydrogens is 352 g/mol. The van der Waals surface area contributed by atoms with E-state index in [9.17, 15) is 14.4 Å². The Hall–Kier alpha value is -2.22. The zero-order valence-corrected chi connectivity index (χ0v) is 16.0. The number of likely N-dealkylation sites (N-methyl/N-ethyl adjacent to an activating group) is 2. The molecule has 0 unspecified atom stereocenters. The van der Waals surface area contributed by atoms with E-state index < -0.39 is 0 Å². The van der Waals surface area contributed by atoms with Gasteiger partial charge < -0.3 is 15.2 Å². The minimum Gasteiger partial charge on any atom is -0.355 e. The summed E-state index contributed by atoms with van der Waals surface area (Å²) in [6.45, 7) is 4.76. The molecule has 8 heteroatoms. The molecule has 0 fully saturated rings. The van der Waals surface area contributed by atoms with E-state index in [-0.39, 0.29) is 30.3 Å². The summed E-state index contributed by atoms with van der Waals surface area (Å²) < 4.78 is 0. The van der Waals surface area contributed by atoms with Crippen LogP contribution in [0.15, 0.2) is 4.79 Å². The summed E-state index contributed by atoms with van der Waals surface area (Å²) in [4.78, 5) is 47.4. The van der Waals surface area contributed by atoms with E-state index in [2.05, 4.69) is 15.3 Å². The van der Waals surface area contributed by atoms with Gasteiger partial charge >= 0.3 is 0 Å². The van der Waals surface area contributed by atoms with Crippen molar-refractivity contribution >= 4 is 33.4 Å². The molecule has 2 aromatic rings. The molecule has 3 rings (SSSR count). The quantitative estimate of drug-likeness (QED) is 0.763. The Balaban J connectivity index is 1.68. The summed E-state index contributed by atoms with van der Waals surface area (Å²) in [5.41, 5.74) is 1.05. The summed E-state index contributed by atoms with van der Waals surface area (Å²) in [5, 5.41) is 3.42. The Bertz CT molecular complexity index is 886. The molecule has 2 amide bonds. The van der Waals surface area contributed by atoms with E-state index in [1.165, 1.54) is 9.78 Å². The van der Waals surface area contributed by atoms with Crippen LogP contribution in [0.25, 0.3) is 10.2 Å². The Morgan fingerprint density at radius 3 is 2.85 bits per heavy atom. The van der Waals surface area contributed by atoms with E-state index in [1.807, 2.05) is 13.8 Å². The van der Waals surface area contributed by atoms with Gasteiger partial charge in [-0.2, -0.15) is 0 Å². The molecule has 7 nitrogen and oxygen atoms in total. The van der Waals surface area contributed by atoms with E-state index in [0.717, 1.165) is 35.0 Å². The van der Waals surface area contributed by atoms with Crippen molar-refractivity contribution in [3.05, 3.63) is 26.6 Å². The standard InChI is InChI=1S/C18H24N4O3S/c1-3-19-14(23)10-22(4-2)15(24)9-8-13-20-17(25)16-11-6-5-7-12(11)26-18(16)21-13/h3-10H2,1-2H3,(H,19,23)(H,20,21,25). The summed E-state index contributed by atoms with van der Waals surface area (Å²) in [6, 6.07) is 0. The Labute approximate surface area is 155 Å². The van der Waals surface area contributed by atoms with Crippen molar-refractivity contribution in [2.24, 2.45) is 0 Å². The van der Waals surface area contributed by atoms with Crippen LogP contribution >= 0.6 is 11.3 Å². The third-order valence-electron chi connectivity index (χ3n) is 4.64. The van der Waals surface area contributed by atoms with Gasteiger partial charge in [-0.25, -0.2) is 4.98 Å². The van der Waals surface area contributed by atoms with E-state index >= 15 is 0 Å². The zero-order valence-electron chi connectivity index (χ0n) is 15.2. The Morgan fingerprint density at radius 1 is 1.31 bits per heavy atom. The summed E-state index contributed by atoms with van der Waals surface area (Å²) >= 11 is 1.59. The number of aromatic amines is 1. The molecule has 2 N–H and O–H groups in total. The first kappa shape index (κ1) is 18.6. The number of rotatable bonds is 7. The van der Waals surface area contributed by atoms with Crippen molar-refractivity contribution in [1.29, 1.82) is 0 Å². The summed E-state index contributed by atoms with van der Waals surface area (Å²) in [7, 11) is 0. The van der Waals surface area contributed by atoms with Crippen molar-refractivity contribution in [3.63, 3.8) is 0 Å². The van der Waals surface area contributed by atoms with Crippen LogP contribution < -0.4 is 10.9 Å². The van der Waals surface area contributed by atoms with Crippen LogP contribution in [0, 0.1) is 0 Å². The van der Waals surface area contributed by atoms with Crippen LogP contribution in [-0.2, 0) is 28.9 Å². The monoisotopic (exact) mass is 376 g/mol. The molecule has 0 saturated carbocycles. The van der Waals surface area contributed by atoms with Gasteiger partial charge in [0, 0.05) is 30.8 Å². The summed E-state index contributed by atoms with van der Waals surface area (Å²) in [5.74, 6) is 0.253.